The summed E-state index contributed by atoms with van der Waals surface area (Å²) < 4.78 is 0. The third-order valence-electron chi connectivity index (χ3n) is 0.882. The molecule has 0 unspecified atom stereocenters. The Kier molecular flexibility index (Phi) is 5.38. The van der Waals surface area contributed by atoms with E-state index in [1.165, 1.54) is 6.08 Å². The maximum atomic E-state index is 10.5. The zero-order valence-electron chi connectivity index (χ0n) is 5.84. The normalized spacial score (nSPS) is 9.70. The van der Waals surface area contributed by atoms with Crippen LogP contribution in [0, 0.1) is 0 Å². The molecule has 0 aliphatic carbocycles. The average molecular weight is 140 g/mol. The molecule has 0 aromatic carbocycles. The number of hydrogen-bond donors (Lipinski definition) is 2. The van der Waals surface area contributed by atoms with Gasteiger partial charge in [-0.2, -0.15) is 0 Å². The molecule has 0 aliphatic heterocycles. The van der Waals surface area contributed by atoms with Crippen LogP contribution in [0.3, 0.4) is 0 Å². The van der Waals surface area contributed by atoms with Crippen LogP contribution in [0.1, 0.15) is 0 Å². The molecular weight excluding hydrogens is 128 g/mol. The number of amides is 1. The molecule has 3 heteroatoms. The Balaban J connectivity index is 3.27. The molecule has 0 rings (SSSR count). The number of hydrogen-bond acceptors (Lipinski definition) is 2. The summed E-state index contributed by atoms with van der Waals surface area (Å²) in [5.41, 5.74) is 5.16. The van der Waals surface area contributed by atoms with Crippen LogP contribution in [0.25, 0.3) is 0 Å². The summed E-state index contributed by atoms with van der Waals surface area (Å²) in [4.78, 5) is 10.5. The van der Waals surface area contributed by atoms with Gasteiger partial charge < -0.3 is 11.1 Å². The Morgan fingerprint density at radius 2 is 2.30 bits per heavy atom. The van der Waals surface area contributed by atoms with E-state index in [1.54, 1.807) is 12.2 Å². The van der Waals surface area contributed by atoms with Gasteiger partial charge in [0.15, 0.2) is 0 Å². The van der Waals surface area contributed by atoms with Crippen molar-refractivity contribution in [3.8, 4) is 0 Å². The average Bonchev–Trinajstić information content (AvgIpc) is 1.98. The molecule has 3 N–H and O–H groups in total. The lowest BCUT2D eigenvalue weighted by Crippen LogP contribution is -2.20. The highest BCUT2D eigenvalue weighted by Gasteiger charge is 1.86. The smallest absolute Gasteiger partial charge is 0.243 e. The fourth-order valence-corrected chi connectivity index (χ4v) is 0.411. The van der Waals surface area contributed by atoms with E-state index in [-0.39, 0.29) is 5.91 Å². The summed E-state index contributed by atoms with van der Waals surface area (Å²) >= 11 is 0. The summed E-state index contributed by atoms with van der Waals surface area (Å²) in [6, 6.07) is 0. The van der Waals surface area contributed by atoms with Crippen molar-refractivity contribution in [3.63, 3.8) is 0 Å². The molecule has 0 spiro atoms. The van der Waals surface area contributed by atoms with E-state index in [0.29, 0.717) is 13.1 Å². The number of nitrogens with two attached hydrogens (primary N) is 1. The van der Waals surface area contributed by atoms with Crippen LogP contribution < -0.4 is 11.1 Å². The lowest BCUT2D eigenvalue weighted by molar-refractivity contribution is -0.116. The first-order chi connectivity index (χ1) is 4.81. The number of carbonyl (C=O) groups is 1. The van der Waals surface area contributed by atoms with Crippen LogP contribution in [0.2, 0.25) is 0 Å². The number of rotatable bonds is 4. The highest BCUT2D eigenvalue weighted by atomic mass is 16.1. The lowest BCUT2D eigenvalue weighted by Gasteiger charge is -1.93. The van der Waals surface area contributed by atoms with Crippen LogP contribution in [0.15, 0.2) is 24.8 Å². The minimum atomic E-state index is -0.165. The van der Waals surface area contributed by atoms with Crippen molar-refractivity contribution in [2.45, 2.75) is 0 Å². The first-order valence-corrected chi connectivity index (χ1v) is 3.06. The molecule has 0 aromatic heterocycles. The molecule has 0 bridgehead atoms. The van der Waals surface area contributed by atoms with Crippen LogP contribution >= 0.6 is 0 Å². The van der Waals surface area contributed by atoms with E-state index in [1.807, 2.05) is 0 Å². The summed E-state index contributed by atoms with van der Waals surface area (Å²) in [6.07, 6.45) is 4.81. The monoisotopic (exact) mass is 140 g/mol. The van der Waals surface area contributed by atoms with Gasteiger partial charge in [0.25, 0.3) is 0 Å². The molecule has 0 atom stereocenters. The first kappa shape index (κ1) is 8.91. The number of carbonyl (C=O) groups excluding carboxylic acids is 1. The molecule has 0 aromatic rings. The minimum absolute atomic E-state index is 0.165. The molecule has 56 valence electrons. The third kappa shape index (κ3) is 5.05. The Morgan fingerprint density at radius 3 is 2.80 bits per heavy atom. The molecule has 0 heterocycles. The molecule has 10 heavy (non-hydrogen) atoms. The number of nitrogens with one attached hydrogen (secondary N) is 1. The summed E-state index contributed by atoms with van der Waals surface area (Å²) in [7, 11) is 0. The second-order valence-electron chi connectivity index (χ2n) is 1.66. The summed E-state index contributed by atoms with van der Waals surface area (Å²) in [6.45, 7) is 4.32. The van der Waals surface area contributed by atoms with Crippen molar-refractivity contribution in [1.29, 1.82) is 0 Å². The van der Waals surface area contributed by atoms with E-state index in [9.17, 15) is 4.79 Å². The highest BCUT2D eigenvalue weighted by Crippen LogP contribution is 1.69. The van der Waals surface area contributed by atoms with Gasteiger partial charge in [0, 0.05) is 13.1 Å². The van der Waals surface area contributed by atoms with Gasteiger partial charge in [0.2, 0.25) is 5.91 Å². The molecule has 3 nitrogen and oxygen atoms in total. The van der Waals surface area contributed by atoms with E-state index in [4.69, 9.17) is 5.73 Å². The van der Waals surface area contributed by atoms with E-state index < -0.39 is 0 Å². The topological polar surface area (TPSA) is 55.1 Å². The van der Waals surface area contributed by atoms with Gasteiger partial charge in [-0.1, -0.05) is 18.7 Å². The molecule has 0 fully saturated rings. The first-order valence-electron chi connectivity index (χ1n) is 3.06. The fraction of sp³-hybridized carbons (Fsp3) is 0.286. The van der Waals surface area contributed by atoms with Crippen molar-refractivity contribution in [1.82, 2.24) is 5.32 Å². The zero-order valence-corrected chi connectivity index (χ0v) is 5.84. The Bertz CT molecular complexity index is 141. The van der Waals surface area contributed by atoms with Crippen molar-refractivity contribution in [2.24, 2.45) is 5.73 Å². The standard InChI is InChI=1S/C7H12N2O/c1-2-7(10)9-6-4-3-5-8/h2-4H,1,5-6,8H2,(H,9,10)/b4-3+. The molecular formula is C7H12N2O. The van der Waals surface area contributed by atoms with Gasteiger partial charge in [0.1, 0.15) is 0 Å². The van der Waals surface area contributed by atoms with Gasteiger partial charge in [-0.05, 0) is 6.08 Å². The van der Waals surface area contributed by atoms with Gasteiger partial charge in [-0.25, -0.2) is 0 Å². The van der Waals surface area contributed by atoms with E-state index in [2.05, 4.69) is 11.9 Å². The second-order valence-corrected chi connectivity index (χ2v) is 1.66. The minimum Gasteiger partial charge on any atom is -0.349 e. The van der Waals surface area contributed by atoms with Crippen LogP contribution in [0.4, 0.5) is 0 Å². The predicted molar refractivity (Wildman–Crippen MR) is 41.4 cm³/mol. The lowest BCUT2D eigenvalue weighted by atomic mass is 10.4. The van der Waals surface area contributed by atoms with E-state index in [0.717, 1.165) is 0 Å². The summed E-state index contributed by atoms with van der Waals surface area (Å²) in [5, 5.41) is 2.57. The molecule has 1 amide bonds. The SMILES string of the molecule is C=CC(=O)NC/C=C/CN. The van der Waals surface area contributed by atoms with Crippen molar-refractivity contribution in [2.75, 3.05) is 13.1 Å². The molecule has 0 saturated heterocycles. The Morgan fingerprint density at radius 1 is 1.60 bits per heavy atom. The third-order valence-corrected chi connectivity index (χ3v) is 0.882. The van der Waals surface area contributed by atoms with Gasteiger partial charge >= 0.3 is 0 Å². The molecule has 0 radical (unpaired) electrons. The van der Waals surface area contributed by atoms with Gasteiger partial charge in [0.05, 0.1) is 0 Å². The van der Waals surface area contributed by atoms with Crippen molar-refractivity contribution < 1.29 is 4.79 Å². The van der Waals surface area contributed by atoms with Gasteiger partial charge in [-0.3, -0.25) is 4.79 Å². The summed E-state index contributed by atoms with van der Waals surface area (Å²) in [5.74, 6) is -0.165. The Labute approximate surface area is 60.6 Å². The predicted octanol–water partition coefficient (Wildman–Crippen LogP) is -0.197. The zero-order chi connectivity index (χ0) is 7.82. The van der Waals surface area contributed by atoms with Crippen LogP contribution in [-0.2, 0) is 4.79 Å². The Hall–Kier alpha value is -1.09. The molecule has 0 aliphatic rings. The maximum absolute atomic E-state index is 10.5. The van der Waals surface area contributed by atoms with Crippen molar-refractivity contribution in [3.05, 3.63) is 24.8 Å². The quantitative estimate of drug-likeness (QED) is 0.420. The fourth-order valence-electron chi connectivity index (χ4n) is 0.411. The van der Waals surface area contributed by atoms with E-state index >= 15 is 0 Å². The van der Waals surface area contributed by atoms with Crippen molar-refractivity contribution >= 4 is 5.91 Å². The maximum Gasteiger partial charge on any atom is 0.243 e. The second kappa shape index (κ2) is 6.04. The highest BCUT2D eigenvalue weighted by molar-refractivity contribution is 5.86. The molecule has 0 saturated carbocycles. The van der Waals surface area contributed by atoms with Crippen LogP contribution in [0.5, 0.6) is 0 Å². The van der Waals surface area contributed by atoms with Gasteiger partial charge in [-0.15, -0.1) is 0 Å². The largest absolute Gasteiger partial charge is 0.349 e. The van der Waals surface area contributed by atoms with Crippen LogP contribution in [-0.4, -0.2) is 19.0 Å².